The number of fused-ring (bicyclic) bond motifs is 1. The molecule has 0 aliphatic heterocycles. The molecule has 0 saturated heterocycles. The van der Waals surface area contributed by atoms with Gasteiger partial charge in [0.2, 0.25) is 0 Å². The fourth-order valence-electron chi connectivity index (χ4n) is 2.84. The van der Waals surface area contributed by atoms with Crippen LogP contribution in [0.15, 0.2) is 42.7 Å². The molecule has 9 heteroatoms. The van der Waals surface area contributed by atoms with Crippen LogP contribution in [-0.2, 0) is 16.0 Å². The van der Waals surface area contributed by atoms with Crippen molar-refractivity contribution in [2.24, 2.45) is 0 Å². The highest BCUT2D eigenvalue weighted by atomic mass is 16.6. The second-order valence-electron chi connectivity index (χ2n) is 7.73. The lowest BCUT2D eigenvalue weighted by Gasteiger charge is -2.22. The third kappa shape index (κ3) is 5.11. The molecule has 2 heterocycles. The van der Waals surface area contributed by atoms with Gasteiger partial charge < -0.3 is 15.2 Å². The van der Waals surface area contributed by atoms with Gasteiger partial charge in [-0.2, -0.15) is 10.4 Å². The highest BCUT2D eigenvalue weighted by Crippen LogP contribution is 2.21. The first-order valence-corrected chi connectivity index (χ1v) is 9.22. The van der Waals surface area contributed by atoms with Crippen LogP contribution in [0.2, 0.25) is 0 Å². The van der Waals surface area contributed by atoms with Crippen molar-refractivity contribution >= 4 is 17.7 Å². The molecule has 0 bridgehead atoms. The lowest BCUT2D eigenvalue weighted by atomic mass is 10.0. The molecule has 0 radical (unpaired) electrons. The van der Waals surface area contributed by atoms with E-state index in [9.17, 15) is 14.7 Å². The Labute approximate surface area is 172 Å². The Morgan fingerprint density at radius 3 is 2.73 bits per heavy atom. The fraction of sp³-hybridized carbons (Fsp3) is 0.286. The zero-order chi connectivity index (χ0) is 21.9. The number of benzene rings is 1. The molecule has 0 aliphatic rings. The molecule has 0 spiro atoms. The Kier molecular flexibility index (Phi) is 5.69. The fourth-order valence-corrected chi connectivity index (χ4v) is 2.84. The number of carbonyl (C=O) groups is 2. The first kappa shape index (κ1) is 20.8. The minimum atomic E-state index is -1.16. The van der Waals surface area contributed by atoms with Gasteiger partial charge in [-0.3, -0.25) is 0 Å². The van der Waals surface area contributed by atoms with Gasteiger partial charge >= 0.3 is 12.1 Å². The summed E-state index contributed by atoms with van der Waals surface area (Å²) in [4.78, 5) is 27.9. The first-order chi connectivity index (χ1) is 14.1. The van der Waals surface area contributed by atoms with Gasteiger partial charge in [-0.15, -0.1) is 0 Å². The quantitative estimate of drug-likeness (QED) is 0.665. The number of nitrogens with zero attached hydrogens (tertiary/aromatic N) is 4. The summed E-state index contributed by atoms with van der Waals surface area (Å²) in [5.74, 6) is -1.16. The van der Waals surface area contributed by atoms with Gasteiger partial charge in [-0.25, -0.2) is 19.1 Å². The number of carbonyl (C=O) groups excluding carboxylic acids is 1. The number of carboxylic acids is 1. The molecule has 3 rings (SSSR count). The molecule has 1 atom stereocenters. The van der Waals surface area contributed by atoms with Crippen LogP contribution in [0.3, 0.4) is 0 Å². The third-order valence-corrected chi connectivity index (χ3v) is 4.12. The topological polar surface area (TPSA) is 130 Å². The van der Waals surface area contributed by atoms with Crippen molar-refractivity contribution < 1.29 is 19.4 Å². The Morgan fingerprint density at radius 2 is 2.07 bits per heavy atom. The number of rotatable bonds is 5. The van der Waals surface area contributed by atoms with Crippen molar-refractivity contribution in [2.75, 3.05) is 0 Å². The first-order valence-electron chi connectivity index (χ1n) is 9.22. The molecule has 0 saturated carbocycles. The average Bonchev–Trinajstić information content (AvgIpc) is 3.08. The summed E-state index contributed by atoms with van der Waals surface area (Å²) in [5.41, 5.74) is 2.37. The number of carboxylic acid groups (broad SMARTS) is 1. The molecule has 30 heavy (non-hydrogen) atoms. The van der Waals surface area contributed by atoms with Gasteiger partial charge in [-0.05, 0) is 31.9 Å². The van der Waals surface area contributed by atoms with Gasteiger partial charge in [-0.1, -0.05) is 24.3 Å². The summed E-state index contributed by atoms with van der Waals surface area (Å²) >= 11 is 0. The molecule has 2 aromatic heterocycles. The van der Waals surface area contributed by atoms with Crippen LogP contribution >= 0.6 is 0 Å². The highest BCUT2D eigenvalue weighted by molar-refractivity contribution is 5.80. The van der Waals surface area contributed by atoms with Crippen molar-refractivity contribution in [3.63, 3.8) is 0 Å². The number of aliphatic carboxylic acids is 1. The molecule has 1 aromatic carbocycles. The monoisotopic (exact) mass is 407 g/mol. The zero-order valence-corrected chi connectivity index (χ0v) is 16.8. The van der Waals surface area contributed by atoms with Gasteiger partial charge in [0.1, 0.15) is 17.7 Å². The van der Waals surface area contributed by atoms with E-state index in [1.807, 2.05) is 18.2 Å². The molecule has 0 fully saturated rings. The molecule has 1 amide bonds. The van der Waals surface area contributed by atoms with E-state index in [4.69, 9.17) is 10.00 Å². The van der Waals surface area contributed by atoms with E-state index in [-0.39, 0.29) is 12.1 Å². The van der Waals surface area contributed by atoms with E-state index < -0.39 is 23.7 Å². The van der Waals surface area contributed by atoms with Crippen LogP contribution in [0.5, 0.6) is 0 Å². The number of nitriles is 1. The molecule has 9 nitrogen and oxygen atoms in total. The number of amides is 1. The van der Waals surface area contributed by atoms with E-state index in [0.29, 0.717) is 11.2 Å². The number of nitrogens with one attached hydrogen (secondary N) is 1. The molecule has 0 aliphatic carbocycles. The SMILES string of the molecule is CC(C)(C)OC(=O)NC(Cc1cccc(-c2cnc3cc(C#N)nn3c2)c1)C(=O)O. The number of alkyl carbamates (subject to hydrolysis) is 1. The Morgan fingerprint density at radius 1 is 1.30 bits per heavy atom. The van der Waals surface area contributed by atoms with Gasteiger partial charge in [0.25, 0.3) is 0 Å². The van der Waals surface area contributed by atoms with Crippen LogP contribution in [0, 0.1) is 11.3 Å². The molecule has 154 valence electrons. The zero-order valence-electron chi connectivity index (χ0n) is 16.8. The Bertz CT molecular complexity index is 1140. The third-order valence-electron chi connectivity index (χ3n) is 4.12. The van der Waals surface area contributed by atoms with Crippen LogP contribution in [-0.4, -0.2) is 43.4 Å². The normalized spacial score (nSPS) is 12.2. The molecule has 2 N–H and O–H groups in total. The van der Waals surface area contributed by atoms with E-state index in [2.05, 4.69) is 15.4 Å². The van der Waals surface area contributed by atoms with E-state index >= 15 is 0 Å². The van der Waals surface area contributed by atoms with Crippen molar-refractivity contribution in [2.45, 2.75) is 38.8 Å². The second-order valence-corrected chi connectivity index (χ2v) is 7.73. The van der Waals surface area contributed by atoms with E-state index in [1.54, 1.807) is 51.4 Å². The van der Waals surface area contributed by atoms with Crippen molar-refractivity contribution in [1.29, 1.82) is 5.26 Å². The van der Waals surface area contributed by atoms with E-state index in [1.165, 1.54) is 4.52 Å². The van der Waals surface area contributed by atoms with Gasteiger partial charge in [0.05, 0.1) is 0 Å². The number of hydrogen-bond donors (Lipinski definition) is 2. The summed E-state index contributed by atoms with van der Waals surface area (Å²) in [6.07, 6.45) is 2.70. The highest BCUT2D eigenvalue weighted by Gasteiger charge is 2.24. The van der Waals surface area contributed by atoms with E-state index in [0.717, 1.165) is 11.1 Å². The van der Waals surface area contributed by atoms with Gasteiger partial charge in [0.15, 0.2) is 11.3 Å². The van der Waals surface area contributed by atoms with Crippen molar-refractivity contribution in [1.82, 2.24) is 19.9 Å². The number of hydrogen-bond acceptors (Lipinski definition) is 6. The Hall–Kier alpha value is -3.93. The van der Waals surface area contributed by atoms with Crippen LogP contribution in [0.1, 0.15) is 32.0 Å². The predicted octanol–water partition coefficient (Wildman–Crippen LogP) is 2.79. The molecular formula is C21H21N5O4. The average molecular weight is 407 g/mol. The standard InChI is InChI=1S/C21H21N5O4/c1-21(2,3)30-20(29)24-17(19(27)28)8-13-5-4-6-14(7-13)15-11-23-18-9-16(10-22)25-26(18)12-15/h4-7,9,11-12,17H,8H2,1-3H3,(H,24,29)(H,27,28). The van der Waals surface area contributed by atoms with Crippen molar-refractivity contribution in [3.8, 4) is 17.2 Å². The minimum Gasteiger partial charge on any atom is -0.480 e. The Balaban J connectivity index is 1.81. The van der Waals surface area contributed by atoms with Gasteiger partial charge in [0, 0.05) is 30.4 Å². The number of ether oxygens (including phenoxy) is 1. The molecular weight excluding hydrogens is 386 g/mol. The summed E-state index contributed by atoms with van der Waals surface area (Å²) in [6, 6.07) is 9.68. The lowest BCUT2D eigenvalue weighted by Crippen LogP contribution is -2.44. The van der Waals surface area contributed by atoms with Crippen LogP contribution in [0.4, 0.5) is 4.79 Å². The minimum absolute atomic E-state index is 0.0818. The lowest BCUT2D eigenvalue weighted by molar-refractivity contribution is -0.139. The molecule has 3 aromatic rings. The van der Waals surface area contributed by atoms with Crippen molar-refractivity contribution in [3.05, 3.63) is 54.0 Å². The maximum atomic E-state index is 12.0. The predicted molar refractivity (Wildman–Crippen MR) is 108 cm³/mol. The summed E-state index contributed by atoms with van der Waals surface area (Å²) in [7, 11) is 0. The largest absolute Gasteiger partial charge is 0.480 e. The second kappa shape index (κ2) is 8.21. The number of aromatic nitrogens is 3. The summed E-state index contributed by atoms with van der Waals surface area (Å²) < 4.78 is 6.67. The molecule has 1 unspecified atom stereocenters. The van der Waals surface area contributed by atoms with Crippen LogP contribution < -0.4 is 5.32 Å². The summed E-state index contributed by atoms with van der Waals surface area (Å²) in [6.45, 7) is 5.11. The maximum absolute atomic E-state index is 12.0. The van der Waals surface area contributed by atoms with Crippen LogP contribution in [0.25, 0.3) is 16.8 Å². The smallest absolute Gasteiger partial charge is 0.408 e. The summed E-state index contributed by atoms with van der Waals surface area (Å²) in [5, 5.41) is 25.0. The maximum Gasteiger partial charge on any atom is 0.408 e.